The number of anilines is 1. The summed E-state index contributed by atoms with van der Waals surface area (Å²) in [5, 5.41) is 10.9. The number of nitrogens with one attached hydrogen (secondary N) is 7. The van der Waals surface area contributed by atoms with Crippen LogP contribution >= 0.6 is 0 Å². The highest BCUT2D eigenvalue weighted by Crippen LogP contribution is 2.29. The van der Waals surface area contributed by atoms with Gasteiger partial charge in [0.05, 0.1) is 29.7 Å². The van der Waals surface area contributed by atoms with Crippen molar-refractivity contribution in [3.63, 3.8) is 0 Å². The molecular weight excluding hydrogens is 899 g/mol. The number of hydrazine groups is 1. The number of aryl methyl sites for hydroxylation is 1. The number of nitrogens with two attached hydrogens (primary N) is 2. The zero-order valence-corrected chi connectivity index (χ0v) is 41.2. The number of amides is 7. The molecule has 0 radical (unpaired) electrons. The number of hydrogen-bond acceptors (Lipinski definition) is 13. The van der Waals surface area contributed by atoms with Gasteiger partial charge < -0.3 is 42.4 Å². The lowest BCUT2D eigenvalue weighted by Gasteiger charge is -2.45. The first-order valence-electron chi connectivity index (χ1n) is 23.1. The first kappa shape index (κ1) is 54.9. The molecule has 2 aliphatic rings. The fourth-order valence-electron chi connectivity index (χ4n) is 8.19. The van der Waals surface area contributed by atoms with Crippen molar-refractivity contribution in [2.45, 2.75) is 134 Å². The Hall–Kier alpha value is -5.68. The van der Waals surface area contributed by atoms with E-state index in [2.05, 4.69) is 36.8 Å². The number of ether oxygens (including phenoxy) is 1. The van der Waals surface area contributed by atoms with Crippen LogP contribution in [0.3, 0.4) is 0 Å². The lowest BCUT2D eigenvalue weighted by atomic mass is 9.95. The maximum atomic E-state index is 14.4. The molecule has 376 valence electrons. The second-order valence-electron chi connectivity index (χ2n) is 18.2. The van der Waals surface area contributed by atoms with E-state index in [4.69, 9.17) is 16.2 Å². The Bertz CT molecular complexity index is 2230. The maximum absolute atomic E-state index is 14.4. The second kappa shape index (κ2) is 25.1. The number of methoxy groups -OCH3 is 1. The smallest absolute Gasteiger partial charge is 0.273 e. The number of carbonyl (C=O) groups is 7. The van der Waals surface area contributed by atoms with Crippen molar-refractivity contribution in [2.75, 3.05) is 38.6 Å². The summed E-state index contributed by atoms with van der Waals surface area (Å²) in [5.41, 5.74) is 17.7. The lowest BCUT2D eigenvalue weighted by molar-refractivity contribution is -0.141. The average Bonchev–Trinajstić information content (AvgIpc) is 3.79. The number of hydrogen-bond donors (Lipinski definition) is 9. The van der Waals surface area contributed by atoms with E-state index >= 15 is 0 Å². The molecule has 2 fully saturated rings. The van der Waals surface area contributed by atoms with Crippen LogP contribution in [-0.4, -0.2) is 135 Å². The van der Waals surface area contributed by atoms with Gasteiger partial charge in [-0.25, -0.2) is 13.1 Å². The van der Waals surface area contributed by atoms with E-state index < -0.39 is 93.7 Å². The van der Waals surface area contributed by atoms with Crippen LogP contribution in [0.1, 0.15) is 96.0 Å². The minimum atomic E-state index is -4.09. The zero-order valence-electron chi connectivity index (χ0n) is 40.3. The van der Waals surface area contributed by atoms with Crippen LogP contribution in [0.25, 0.3) is 0 Å². The fourth-order valence-corrected chi connectivity index (χ4v) is 9.50. The number of piperidine rings is 1. The number of benzene rings is 2. The molecule has 2 aliphatic heterocycles. The van der Waals surface area contributed by atoms with Gasteiger partial charge in [0.1, 0.15) is 23.9 Å². The number of carbonyl (C=O) groups excluding carboxylic acids is 7. The van der Waals surface area contributed by atoms with Crippen molar-refractivity contribution in [1.29, 1.82) is 0 Å². The Kier molecular flexibility index (Phi) is 20.3. The van der Waals surface area contributed by atoms with E-state index in [0.717, 1.165) is 5.56 Å². The number of nitrogens with zero attached hydrogens (tertiary/aromatic N) is 2. The highest BCUT2D eigenvalue weighted by molar-refractivity contribution is 7.89. The Labute approximate surface area is 399 Å². The number of unbranched alkanes of at least 4 members (excludes halogenated alkanes) is 1. The summed E-state index contributed by atoms with van der Waals surface area (Å²) in [6.07, 6.45) is 2.21. The molecule has 0 aromatic heterocycles. The lowest BCUT2D eigenvalue weighted by Crippen LogP contribution is -2.66. The summed E-state index contributed by atoms with van der Waals surface area (Å²) < 4.78 is 36.0. The van der Waals surface area contributed by atoms with Gasteiger partial charge >= 0.3 is 0 Å². The summed E-state index contributed by atoms with van der Waals surface area (Å²) in [5.74, 6) is -4.25. The Balaban J connectivity index is 1.58. The van der Waals surface area contributed by atoms with E-state index in [1.807, 2.05) is 11.8 Å². The van der Waals surface area contributed by atoms with Crippen molar-refractivity contribution >= 4 is 57.1 Å². The molecule has 0 bridgehead atoms. The molecule has 2 heterocycles. The summed E-state index contributed by atoms with van der Waals surface area (Å²) in [7, 11) is -2.72. The van der Waals surface area contributed by atoms with E-state index in [-0.39, 0.29) is 54.0 Å². The number of likely N-dealkylation sites (tertiary alicyclic amines) is 2. The van der Waals surface area contributed by atoms with Crippen molar-refractivity contribution < 1.29 is 46.7 Å². The maximum Gasteiger partial charge on any atom is 0.273 e. The first-order chi connectivity index (χ1) is 32.1. The van der Waals surface area contributed by atoms with Gasteiger partial charge in [-0.05, 0) is 108 Å². The first-order valence-corrected chi connectivity index (χ1v) is 24.6. The molecule has 0 saturated carbocycles. The van der Waals surface area contributed by atoms with E-state index in [9.17, 15) is 42.0 Å². The third kappa shape index (κ3) is 14.9. The molecule has 2 aromatic carbocycles. The van der Waals surface area contributed by atoms with Gasteiger partial charge in [-0.2, -0.15) is 0 Å². The van der Waals surface area contributed by atoms with Crippen LogP contribution in [0.5, 0.6) is 5.75 Å². The second-order valence-corrected chi connectivity index (χ2v) is 19.9. The van der Waals surface area contributed by atoms with Crippen molar-refractivity contribution in [2.24, 2.45) is 23.3 Å². The summed E-state index contributed by atoms with van der Waals surface area (Å²) in [6, 6.07) is 4.45. The van der Waals surface area contributed by atoms with Crippen molar-refractivity contribution in [1.82, 2.24) is 41.3 Å². The topological polar surface area (TPSA) is 306 Å². The minimum Gasteiger partial charge on any atom is -0.496 e. The molecule has 11 N–H and O–H groups in total. The standard InChI is InChI=1S/C46H71N11O10S/c1-26(2)39(48)45(63)49-29(6)41(59)52-40(27(3)4)46(64)56-23-20-34(55-68(65,66)32-17-14-28(5)15-18-32)37(25-56)57-22-11-13-36(57)44(62)51-35(12-9-10-21-47)43(61)54-53-42(60)33-24-31(50-30(7)58)16-19-38(33)67-8/h14-19,24,26-27,29,34-37,39-40,55H,9-13,20-23,25,47-48H2,1-8H3,(H,49,63)(H,50,58)(H,51,62)(H,52,59)(H,53,60)(H,54,61)/t29-,34+,35-,36-,37+,39-,40-/m0/s1. The van der Waals surface area contributed by atoms with E-state index in [0.29, 0.717) is 44.5 Å². The van der Waals surface area contributed by atoms with Gasteiger partial charge in [0.2, 0.25) is 39.6 Å². The largest absolute Gasteiger partial charge is 0.496 e. The minimum absolute atomic E-state index is 0.0165. The molecule has 22 heteroatoms. The van der Waals surface area contributed by atoms with Gasteiger partial charge in [0.25, 0.3) is 11.8 Å². The SMILES string of the molecule is COc1ccc(NC(C)=O)cc1C(=O)NNC(=O)[C@H](CCCCN)NC(=O)[C@@H]1CCCN1[C@@H]1CN(C(=O)[C@@H](NC(=O)[C@H](C)NC(=O)[C@@H](N)C(C)C)C(C)C)CC[C@H]1NS(=O)(=O)c1ccc(C)cc1. The van der Waals surface area contributed by atoms with E-state index in [1.165, 1.54) is 45.2 Å². The van der Waals surface area contributed by atoms with Crippen LogP contribution in [0.4, 0.5) is 5.69 Å². The fraction of sp³-hybridized carbons (Fsp3) is 0.587. The molecule has 2 saturated heterocycles. The highest BCUT2D eigenvalue weighted by Gasteiger charge is 2.45. The van der Waals surface area contributed by atoms with Gasteiger partial charge in [-0.1, -0.05) is 45.4 Å². The Morgan fingerprint density at radius 3 is 2.15 bits per heavy atom. The Morgan fingerprint density at radius 2 is 1.53 bits per heavy atom. The van der Waals surface area contributed by atoms with Crippen LogP contribution in [0.2, 0.25) is 0 Å². The molecule has 7 atom stereocenters. The molecule has 0 spiro atoms. The van der Waals surface area contributed by atoms with Crippen LogP contribution in [0.15, 0.2) is 47.4 Å². The zero-order chi connectivity index (χ0) is 50.5. The molecule has 7 amide bonds. The van der Waals surface area contributed by atoms with Gasteiger partial charge in [-0.3, -0.25) is 49.3 Å². The molecule has 4 rings (SSSR count). The quantitative estimate of drug-likeness (QED) is 0.0605. The van der Waals surface area contributed by atoms with Crippen LogP contribution < -0.4 is 53.0 Å². The summed E-state index contributed by atoms with van der Waals surface area (Å²) in [6.45, 7) is 12.6. The number of rotatable bonds is 21. The predicted molar refractivity (Wildman–Crippen MR) is 255 cm³/mol. The van der Waals surface area contributed by atoms with Gasteiger partial charge in [0, 0.05) is 37.8 Å². The normalized spacial score (nSPS) is 19.3. The molecule has 2 aromatic rings. The highest BCUT2D eigenvalue weighted by atomic mass is 32.2. The molecule has 68 heavy (non-hydrogen) atoms. The van der Waals surface area contributed by atoms with Crippen molar-refractivity contribution in [3.05, 3.63) is 53.6 Å². The van der Waals surface area contributed by atoms with E-state index in [1.54, 1.807) is 50.8 Å². The third-order valence-electron chi connectivity index (χ3n) is 12.2. The summed E-state index contributed by atoms with van der Waals surface area (Å²) >= 11 is 0. The molecule has 0 unspecified atom stereocenters. The number of sulfonamides is 1. The predicted octanol–water partition coefficient (Wildman–Crippen LogP) is 0.378. The van der Waals surface area contributed by atoms with Crippen LogP contribution in [-0.2, 0) is 38.8 Å². The van der Waals surface area contributed by atoms with Crippen LogP contribution in [0, 0.1) is 18.8 Å². The summed E-state index contributed by atoms with van der Waals surface area (Å²) in [4.78, 5) is 97.1. The average molecular weight is 970 g/mol. The van der Waals surface area contributed by atoms with Gasteiger partial charge in [-0.15, -0.1) is 0 Å². The Morgan fingerprint density at radius 1 is 0.838 bits per heavy atom. The monoisotopic (exact) mass is 970 g/mol. The van der Waals surface area contributed by atoms with Gasteiger partial charge in [0.15, 0.2) is 0 Å². The third-order valence-corrected chi connectivity index (χ3v) is 13.7. The molecular formula is C46H71N11O10S. The molecule has 0 aliphatic carbocycles. The van der Waals surface area contributed by atoms with Crippen molar-refractivity contribution in [3.8, 4) is 5.75 Å². The molecule has 21 nitrogen and oxygen atoms in total.